The average molecular weight is 416 g/mol. The maximum atomic E-state index is 12.8. The van der Waals surface area contributed by atoms with Gasteiger partial charge in [-0.2, -0.15) is 11.3 Å². The summed E-state index contributed by atoms with van der Waals surface area (Å²) in [6, 6.07) is 13.6. The van der Waals surface area contributed by atoms with E-state index in [4.69, 9.17) is 10.7 Å². The fourth-order valence-corrected chi connectivity index (χ4v) is 4.50. The van der Waals surface area contributed by atoms with E-state index in [0.717, 1.165) is 47.6 Å². The predicted octanol–water partition coefficient (Wildman–Crippen LogP) is 3.70. The van der Waals surface area contributed by atoms with Crippen LogP contribution in [0.25, 0.3) is 22.6 Å². The van der Waals surface area contributed by atoms with Crippen LogP contribution in [0.4, 0.5) is 5.69 Å². The van der Waals surface area contributed by atoms with E-state index >= 15 is 0 Å². The van der Waals surface area contributed by atoms with Crippen molar-refractivity contribution >= 4 is 17.0 Å². The molecule has 0 spiro atoms. The molecule has 0 saturated carbocycles. The van der Waals surface area contributed by atoms with Crippen molar-refractivity contribution in [3.05, 3.63) is 86.6 Å². The van der Waals surface area contributed by atoms with Gasteiger partial charge in [-0.1, -0.05) is 6.07 Å². The van der Waals surface area contributed by atoms with Crippen molar-refractivity contribution in [1.82, 2.24) is 19.9 Å². The van der Waals surface area contributed by atoms with Gasteiger partial charge >= 0.3 is 0 Å². The van der Waals surface area contributed by atoms with Crippen molar-refractivity contribution in [2.24, 2.45) is 0 Å². The molecule has 0 atom stereocenters. The molecule has 3 aromatic heterocycles. The Labute approximate surface area is 178 Å². The number of nitrogens with two attached hydrogens (primary N) is 1. The van der Waals surface area contributed by atoms with Gasteiger partial charge in [0.2, 0.25) is 0 Å². The summed E-state index contributed by atoms with van der Waals surface area (Å²) >= 11 is 1.67. The minimum Gasteiger partial charge on any atom is -0.399 e. The molecule has 0 amide bonds. The van der Waals surface area contributed by atoms with Crippen molar-refractivity contribution in [3.63, 3.8) is 0 Å². The molecule has 5 rings (SSSR count). The number of hydrogen-bond acceptors (Lipinski definition) is 6. The molecule has 0 saturated heterocycles. The molecule has 0 aliphatic carbocycles. The summed E-state index contributed by atoms with van der Waals surface area (Å²) in [4.78, 5) is 27.4. The summed E-state index contributed by atoms with van der Waals surface area (Å²) in [5, 5.41) is 4.18. The van der Waals surface area contributed by atoms with Crippen LogP contribution < -0.4 is 11.3 Å². The van der Waals surface area contributed by atoms with Crippen molar-refractivity contribution in [3.8, 4) is 22.6 Å². The van der Waals surface area contributed by atoms with Gasteiger partial charge in [0.25, 0.3) is 5.56 Å². The number of rotatable bonds is 4. The number of pyridine rings is 1. The number of benzene rings is 1. The summed E-state index contributed by atoms with van der Waals surface area (Å²) in [6.07, 6.45) is 2.57. The third-order valence-corrected chi connectivity index (χ3v) is 6.09. The third kappa shape index (κ3) is 3.65. The minimum absolute atomic E-state index is 0.0687. The summed E-state index contributed by atoms with van der Waals surface area (Å²) in [7, 11) is 0. The molecule has 150 valence electrons. The van der Waals surface area contributed by atoms with E-state index in [0.29, 0.717) is 18.1 Å². The smallest absolute Gasteiger partial charge is 0.255 e. The number of H-pyrrole nitrogens is 1. The minimum atomic E-state index is -0.0687. The van der Waals surface area contributed by atoms with Crippen LogP contribution in [0.1, 0.15) is 16.8 Å². The molecule has 0 unspecified atom stereocenters. The van der Waals surface area contributed by atoms with Crippen LogP contribution in [0.5, 0.6) is 0 Å². The summed E-state index contributed by atoms with van der Waals surface area (Å²) < 4.78 is 0. The molecule has 1 aliphatic heterocycles. The van der Waals surface area contributed by atoms with E-state index in [1.54, 1.807) is 11.3 Å². The third-order valence-electron chi connectivity index (χ3n) is 5.41. The van der Waals surface area contributed by atoms with Gasteiger partial charge < -0.3 is 10.7 Å². The molecule has 4 aromatic rings. The molecule has 0 bridgehead atoms. The zero-order valence-corrected chi connectivity index (χ0v) is 17.2. The number of thiophene rings is 1. The highest BCUT2D eigenvalue weighted by molar-refractivity contribution is 7.08. The molecular weight excluding hydrogens is 394 g/mol. The van der Waals surface area contributed by atoms with Crippen LogP contribution >= 0.6 is 11.3 Å². The average Bonchev–Trinajstić information content (AvgIpc) is 3.30. The first-order chi connectivity index (χ1) is 14.7. The molecule has 4 heterocycles. The van der Waals surface area contributed by atoms with Gasteiger partial charge in [-0.05, 0) is 47.3 Å². The first-order valence-electron chi connectivity index (χ1n) is 9.84. The second-order valence-corrected chi connectivity index (χ2v) is 8.23. The molecular formula is C23H21N5OS. The zero-order chi connectivity index (χ0) is 20.5. The normalized spacial score (nSPS) is 13.9. The quantitative estimate of drug-likeness (QED) is 0.496. The van der Waals surface area contributed by atoms with E-state index in [1.807, 2.05) is 36.5 Å². The largest absolute Gasteiger partial charge is 0.399 e. The van der Waals surface area contributed by atoms with Gasteiger partial charge in [0.05, 0.1) is 17.0 Å². The zero-order valence-electron chi connectivity index (χ0n) is 16.3. The molecule has 6 nitrogen and oxygen atoms in total. The number of fused-ring (bicyclic) bond motifs is 1. The van der Waals surface area contributed by atoms with Gasteiger partial charge in [-0.3, -0.25) is 14.7 Å². The first-order valence-corrected chi connectivity index (χ1v) is 10.8. The van der Waals surface area contributed by atoms with E-state index < -0.39 is 0 Å². The Morgan fingerprint density at radius 1 is 1.13 bits per heavy atom. The molecule has 7 heteroatoms. The number of anilines is 1. The number of aromatic nitrogens is 3. The van der Waals surface area contributed by atoms with Crippen LogP contribution in [0.15, 0.2) is 64.2 Å². The Kier molecular flexibility index (Phi) is 4.90. The molecule has 1 aromatic carbocycles. The van der Waals surface area contributed by atoms with Crippen molar-refractivity contribution in [2.45, 2.75) is 19.5 Å². The van der Waals surface area contributed by atoms with Crippen molar-refractivity contribution in [1.29, 1.82) is 0 Å². The highest BCUT2D eigenvalue weighted by Crippen LogP contribution is 2.26. The summed E-state index contributed by atoms with van der Waals surface area (Å²) in [5.41, 5.74) is 12.2. The Bertz CT molecular complexity index is 1230. The van der Waals surface area contributed by atoms with Crippen molar-refractivity contribution < 1.29 is 0 Å². The fraction of sp³-hybridized carbons (Fsp3) is 0.174. The Morgan fingerprint density at radius 2 is 2.00 bits per heavy atom. The molecule has 0 fully saturated rings. The SMILES string of the molecule is Nc1ccc(-c2nc3c(c(=O)[nH]2)CN(Cc2cccnc2-c2ccsc2)CC3)cc1. The molecule has 1 aliphatic rings. The maximum absolute atomic E-state index is 12.8. The van der Waals surface area contributed by atoms with Gasteiger partial charge in [0.1, 0.15) is 5.82 Å². The van der Waals surface area contributed by atoms with E-state index in [-0.39, 0.29) is 5.56 Å². The Morgan fingerprint density at radius 3 is 2.80 bits per heavy atom. The number of hydrogen-bond donors (Lipinski definition) is 2. The second kappa shape index (κ2) is 7.85. The van der Waals surface area contributed by atoms with Crippen LogP contribution in [0.2, 0.25) is 0 Å². The number of aromatic amines is 1. The molecule has 0 radical (unpaired) electrons. The highest BCUT2D eigenvalue weighted by Gasteiger charge is 2.22. The summed E-state index contributed by atoms with van der Waals surface area (Å²) in [6.45, 7) is 2.18. The molecule has 3 N–H and O–H groups in total. The molecule has 30 heavy (non-hydrogen) atoms. The van der Waals surface area contributed by atoms with Crippen molar-refractivity contribution in [2.75, 3.05) is 12.3 Å². The number of nitrogens with zero attached hydrogens (tertiary/aromatic N) is 3. The van der Waals surface area contributed by atoms with Crippen LogP contribution in [0, 0.1) is 0 Å². The van der Waals surface area contributed by atoms with E-state index in [2.05, 4.69) is 37.8 Å². The van der Waals surface area contributed by atoms with Crippen LogP contribution in [0.3, 0.4) is 0 Å². The van der Waals surface area contributed by atoms with E-state index in [9.17, 15) is 4.79 Å². The monoisotopic (exact) mass is 415 g/mol. The number of nitrogen functional groups attached to an aromatic ring is 1. The first kappa shape index (κ1) is 18.7. The standard InChI is InChI=1S/C23H21N5OS/c24-18-5-3-15(4-6-18)22-26-20-7-10-28(13-19(20)23(29)27-22)12-16-2-1-9-25-21(16)17-8-11-30-14-17/h1-6,8-9,11,14H,7,10,12-13,24H2,(H,26,27,29). The number of nitrogens with one attached hydrogen (secondary N) is 1. The second-order valence-electron chi connectivity index (χ2n) is 7.45. The fourth-order valence-electron chi connectivity index (χ4n) is 3.86. The van der Waals surface area contributed by atoms with Crippen LogP contribution in [-0.2, 0) is 19.5 Å². The maximum Gasteiger partial charge on any atom is 0.255 e. The summed E-state index contributed by atoms with van der Waals surface area (Å²) in [5.74, 6) is 0.596. The van der Waals surface area contributed by atoms with Gasteiger partial charge in [0.15, 0.2) is 0 Å². The van der Waals surface area contributed by atoms with Crippen LogP contribution in [-0.4, -0.2) is 26.4 Å². The highest BCUT2D eigenvalue weighted by atomic mass is 32.1. The van der Waals surface area contributed by atoms with Gasteiger partial charge in [-0.25, -0.2) is 4.98 Å². The van der Waals surface area contributed by atoms with Gasteiger partial charge in [-0.15, -0.1) is 0 Å². The van der Waals surface area contributed by atoms with E-state index in [1.165, 1.54) is 5.56 Å². The lowest BCUT2D eigenvalue weighted by molar-refractivity contribution is 0.242. The lowest BCUT2D eigenvalue weighted by Gasteiger charge is -2.28. The predicted molar refractivity (Wildman–Crippen MR) is 120 cm³/mol. The Balaban J connectivity index is 1.40. The lowest BCUT2D eigenvalue weighted by atomic mass is 10.0. The topological polar surface area (TPSA) is 87.9 Å². The Hall–Kier alpha value is -3.29. The van der Waals surface area contributed by atoms with Gasteiger partial charge in [0, 0.05) is 54.4 Å². The lowest BCUT2D eigenvalue weighted by Crippen LogP contribution is -2.35.